The van der Waals surface area contributed by atoms with E-state index < -0.39 is 17.1 Å². The Kier molecular flexibility index (Phi) is 11.2. The normalized spacial score (nSPS) is 11.8. The number of thioether (sulfide) groups is 1. The molecule has 1 unspecified atom stereocenters. The molecule has 6 nitrogen and oxygen atoms in total. The zero-order valence-corrected chi connectivity index (χ0v) is 27.1. The molecule has 1 atom stereocenters. The predicted molar refractivity (Wildman–Crippen MR) is 189 cm³/mol. The summed E-state index contributed by atoms with van der Waals surface area (Å²) in [6.07, 6.45) is 1.52. The Labute approximate surface area is 285 Å². The maximum absolute atomic E-state index is 13.6. The molecule has 3 N–H and O–H groups in total. The van der Waals surface area contributed by atoms with Gasteiger partial charge in [0.05, 0.1) is 10.7 Å². The van der Waals surface area contributed by atoms with Crippen molar-refractivity contribution in [1.82, 2.24) is 5.32 Å². The molecule has 5 rings (SSSR count). The van der Waals surface area contributed by atoms with Crippen LogP contribution in [0, 0.1) is 0 Å². The highest BCUT2D eigenvalue weighted by Gasteiger charge is 2.23. The van der Waals surface area contributed by atoms with E-state index in [9.17, 15) is 14.4 Å². The van der Waals surface area contributed by atoms with Crippen LogP contribution in [0.2, 0.25) is 15.1 Å². The molecule has 0 fully saturated rings. The topological polar surface area (TPSA) is 87.3 Å². The summed E-state index contributed by atoms with van der Waals surface area (Å²) in [6.45, 7) is 0. The molecule has 0 aliphatic heterocycles. The van der Waals surface area contributed by atoms with Crippen molar-refractivity contribution >= 4 is 81.7 Å². The van der Waals surface area contributed by atoms with Crippen molar-refractivity contribution in [2.75, 3.05) is 10.6 Å². The summed E-state index contributed by atoms with van der Waals surface area (Å²) in [5.41, 5.74) is 2.63. The Morgan fingerprint density at radius 3 is 2.09 bits per heavy atom. The van der Waals surface area contributed by atoms with Crippen molar-refractivity contribution in [3.63, 3.8) is 0 Å². The molecule has 0 aromatic heterocycles. The first kappa shape index (κ1) is 32.9. The van der Waals surface area contributed by atoms with E-state index in [1.165, 1.54) is 17.8 Å². The Balaban J connectivity index is 1.38. The number of amides is 3. The third-order valence-electron chi connectivity index (χ3n) is 6.61. The number of hydrogen-bond donors (Lipinski definition) is 3. The van der Waals surface area contributed by atoms with Crippen molar-refractivity contribution in [3.05, 3.63) is 165 Å². The van der Waals surface area contributed by atoms with E-state index in [1.54, 1.807) is 91.0 Å². The van der Waals surface area contributed by atoms with E-state index in [-0.39, 0.29) is 11.6 Å². The van der Waals surface area contributed by atoms with Crippen molar-refractivity contribution in [3.8, 4) is 0 Å². The maximum Gasteiger partial charge on any atom is 0.272 e. The molecule has 3 amide bonds. The molecule has 0 spiro atoms. The number of hydrogen-bond acceptors (Lipinski definition) is 4. The molecule has 0 saturated heterocycles. The van der Waals surface area contributed by atoms with Gasteiger partial charge < -0.3 is 16.0 Å². The first-order valence-electron chi connectivity index (χ1n) is 14.0. The molecule has 10 heteroatoms. The fourth-order valence-corrected chi connectivity index (χ4v) is 6.09. The van der Waals surface area contributed by atoms with Crippen molar-refractivity contribution in [2.45, 2.75) is 10.1 Å². The summed E-state index contributed by atoms with van der Waals surface area (Å²) in [5.74, 6) is -1.29. The second-order valence-corrected chi connectivity index (χ2v) is 12.3. The van der Waals surface area contributed by atoms with E-state index >= 15 is 0 Å². The average Bonchev–Trinajstić information content (AvgIpc) is 3.06. The number of benzene rings is 5. The van der Waals surface area contributed by atoms with Crippen LogP contribution in [-0.2, 0) is 9.59 Å². The lowest BCUT2D eigenvalue weighted by atomic mass is 10.1. The molecular formula is C36H26Cl3N3O3S. The third kappa shape index (κ3) is 8.80. The minimum atomic E-state index is -0.653. The Morgan fingerprint density at radius 2 is 1.37 bits per heavy atom. The number of carbonyl (C=O) groups is 3. The van der Waals surface area contributed by atoms with Gasteiger partial charge in [-0.05, 0) is 71.8 Å². The summed E-state index contributed by atoms with van der Waals surface area (Å²) < 4.78 is 0. The zero-order valence-electron chi connectivity index (χ0n) is 24.0. The standard InChI is InChI=1S/C36H26Cl3N3O3S/c37-26-18-19-31(30(39)21-26)41-36(45)33(23-10-3-1-4-11-23)46-28-16-9-15-27(22-28)40-35(44)32(20-25-14-7-8-17-29(25)38)42-34(43)24-12-5-2-6-13-24/h1-22,33H,(H,40,44)(H,41,45)(H,42,43)/b32-20+. The second-order valence-electron chi connectivity index (χ2n) is 9.90. The van der Waals surface area contributed by atoms with Gasteiger partial charge in [0.25, 0.3) is 11.8 Å². The smallest absolute Gasteiger partial charge is 0.272 e. The van der Waals surface area contributed by atoms with Gasteiger partial charge in [0.1, 0.15) is 10.9 Å². The summed E-state index contributed by atoms with van der Waals surface area (Å²) in [4.78, 5) is 40.9. The lowest BCUT2D eigenvalue weighted by molar-refractivity contribution is -0.116. The monoisotopic (exact) mass is 685 g/mol. The van der Waals surface area contributed by atoms with Crippen molar-refractivity contribution < 1.29 is 14.4 Å². The lowest BCUT2D eigenvalue weighted by Crippen LogP contribution is -2.30. The lowest BCUT2D eigenvalue weighted by Gasteiger charge is -2.18. The molecule has 5 aromatic carbocycles. The molecular weight excluding hydrogens is 661 g/mol. The number of anilines is 2. The maximum atomic E-state index is 13.6. The third-order valence-corrected chi connectivity index (χ3v) is 8.75. The highest BCUT2D eigenvalue weighted by atomic mass is 35.5. The Bertz CT molecular complexity index is 1900. The Morgan fingerprint density at radius 1 is 0.674 bits per heavy atom. The highest BCUT2D eigenvalue weighted by Crippen LogP contribution is 2.38. The predicted octanol–water partition coefficient (Wildman–Crippen LogP) is 9.53. The van der Waals surface area contributed by atoms with Gasteiger partial charge in [-0.15, -0.1) is 11.8 Å². The van der Waals surface area contributed by atoms with Gasteiger partial charge in [-0.25, -0.2) is 0 Å². The quantitative estimate of drug-likeness (QED) is 0.101. The van der Waals surface area contributed by atoms with Crippen molar-refractivity contribution in [1.29, 1.82) is 0 Å². The molecule has 0 heterocycles. The van der Waals surface area contributed by atoms with E-state index in [1.807, 2.05) is 36.4 Å². The van der Waals surface area contributed by atoms with Gasteiger partial charge in [-0.1, -0.05) is 108 Å². The van der Waals surface area contributed by atoms with Crippen LogP contribution in [-0.4, -0.2) is 17.7 Å². The van der Waals surface area contributed by atoms with E-state index in [2.05, 4.69) is 16.0 Å². The van der Waals surface area contributed by atoms with Crippen LogP contribution in [0.4, 0.5) is 11.4 Å². The average molecular weight is 687 g/mol. The summed E-state index contributed by atoms with van der Waals surface area (Å²) in [6, 6.07) is 36.9. The minimum absolute atomic E-state index is 0.00129. The van der Waals surface area contributed by atoms with Crippen LogP contribution in [0.3, 0.4) is 0 Å². The van der Waals surface area contributed by atoms with Gasteiger partial charge in [-0.2, -0.15) is 0 Å². The molecule has 5 aromatic rings. The number of nitrogens with one attached hydrogen (secondary N) is 3. The van der Waals surface area contributed by atoms with Gasteiger partial charge in [0, 0.05) is 26.2 Å². The van der Waals surface area contributed by atoms with Crippen LogP contribution in [0.25, 0.3) is 6.08 Å². The second kappa shape index (κ2) is 15.7. The van der Waals surface area contributed by atoms with Gasteiger partial charge >= 0.3 is 0 Å². The Hall–Kier alpha value is -4.53. The van der Waals surface area contributed by atoms with Crippen LogP contribution in [0.15, 0.2) is 138 Å². The van der Waals surface area contributed by atoms with Gasteiger partial charge in [0.2, 0.25) is 5.91 Å². The van der Waals surface area contributed by atoms with Crippen LogP contribution in [0.1, 0.15) is 26.7 Å². The zero-order chi connectivity index (χ0) is 32.5. The molecule has 0 radical (unpaired) electrons. The molecule has 46 heavy (non-hydrogen) atoms. The number of rotatable bonds is 10. The van der Waals surface area contributed by atoms with Crippen LogP contribution < -0.4 is 16.0 Å². The molecule has 0 aliphatic carbocycles. The summed E-state index contributed by atoms with van der Waals surface area (Å²) in [7, 11) is 0. The molecule has 0 bridgehead atoms. The molecule has 230 valence electrons. The van der Waals surface area contributed by atoms with Gasteiger partial charge in [-0.3, -0.25) is 14.4 Å². The van der Waals surface area contributed by atoms with Crippen LogP contribution in [0.5, 0.6) is 0 Å². The fraction of sp³-hybridized carbons (Fsp3) is 0.0278. The molecule has 0 aliphatic rings. The van der Waals surface area contributed by atoms with E-state index in [0.29, 0.717) is 42.5 Å². The highest BCUT2D eigenvalue weighted by molar-refractivity contribution is 8.00. The minimum Gasteiger partial charge on any atom is -0.323 e. The first-order chi connectivity index (χ1) is 22.3. The van der Waals surface area contributed by atoms with Crippen molar-refractivity contribution in [2.24, 2.45) is 0 Å². The van der Waals surface area contributed by atoms with Gasteiger partial charge in [0.15, 0.2) is 0 Å². The fourth-order valence-electron chi connectivity index (χ4n) is 4.36. The first-order valence-corrected chi connectivity index (χ1v) is 16.0. The number of halogens is 3. The summed E-state index contributed by atoms with van der Waals surface area (Å²) in [5, 5.41) is 9.03. The SMILES string of the molecule is O=C(Nc1cccc(SC(C(=O)Nc2ccc(Cl)cc2Cl)c2ccccc2)c1)/C(=C\c1ccccc1Cl)NC(=O)c1ccccc1. The summed E-state index contributed by atoms with van der Waals surface area (Å²) >= 11 is 20.0. The number of carbonyl (C=O) groups excluding carboxylic acids is 3. The van der Waals surface area contributed by atoms with E-state index in [4.69, 9.17) is 34.8 Å². The van der Waals surface area contributed by atoms with E-state index in [0.717, 1.165) is 5.56 Å². The van der Waals surface area contributed by atoms with Crippen LogP contribution >= 0.6 is 46.6 Å². The largest absolute Gasteiger partial charge is 0.323 e. The molecule has 0 saturated carbocycles.